The van der Waals surface area contributed by atoms with E-state index in [1.807, 2.05) is 0 Å². The molecule has 16 heteroatoms. The maximum atomic E-state index is 14.2. The molecule has 2 aromatic rings. The zero-order chi connectivity index (χ0) is 41.3. The maximum Gasteiger partial charge on any atom is 0.341 e. The number of carbonyl (C=O) groups is 5. The highest BCUT2D eigenvalue weighted by Gasteiger charge is 2.50. The minimum Gasteiger partial charge on any atom is -0.507 e. The second kappa shape index (κ2) is 16.1. The number of amides is 1. The van der Waals surface area contributed by atoms with E-state index in [4.69, 9.17) is 23.7 Å². The number of benzene rings is 2. The van der Waals surface area contributed by atoms with Gasteiger partial charge in [0.1, 0.15) is 29.0 Å². The Morgan fingerprint density at radius 1 is 1.02 bits per heavy atom. The van der Waals surface area contributed by atoms with Gasteiger partial charge in [-0.2, -0.15) is 0 Å². The topological polar surface area (TPSA) is 245 Å². The summed E-state index contributed by atoms with van der Waals surface area (Å²) in [5.74, 6) is -11.0. The fourth-order valence-corrected chi connectivity index (χ4v) is 6.77. The van der Waals surface area contributed by atoms with Gasteiger partial charge < -0.3 is 54.5 Å². The van der Waals surface area contributed by atoms with Crippen LogP contribution in [0.3, 0.4) is 0 Å². The molecule has 0 saturated carbocycles. The number of anilines is 1. The van der Waals surface area contributed by atoms with Crippen molar-refractivity contribution in [1.29, 1.82) is 0 Å². The molecule has 16 nitrogen and oxygen atoms in total. The number of carbonyl (C=O) groups excluding carboxylic acids is 4. The first-order valence-electron chi connectivity index (χ1n) is 17.4. The van der Waals surface area contributed by atoms with Crippen LogP contribution in [0.25, 0.3) is 10.8 Å². The number of aliphatic carboxylic acids is 1. The molecule has 3 aliphatic heterocycles. The van der Waals surface area contributed by atoms with E-state index in [1.165, 1.54) is 66.9 Å². The van der Waals surface area contributed by atoms with Crippen molar-refractivity contribution in [1.82, 2.24) is 0 Å². The summed E-state index contributed by atoms with van der Waals surface area (Å²) < 4.78 is 28.7. The predicted molar refractivity (Wildman–Crippen MR) is 196 cm³/mol. The first-order valence-corrected chi connectivity index (χ1v) is 17.4. The standard InChI is InChI=1S/C39H47NO15/c1-17-11-10-13-38(7,50)35(47)21(5)30(44)19(3)33(54-22(6)41)18(2)24(51-9)12-14-53-39(8)36(48)29-27-25(52-16-26(42)43)15-23(40-37(17)49)32(46)28(27)31(45)20(4)34(29)55-39/h10-15,18-19,21,24,30,33,44-46,50H,16H2,1-9H3,(H,40,49)(H,42,43)/b13-10-,14-12-,17-11-/t18-,19-,21+,24+,30+,33-,38-,39+/m1/s1. The number of methoxy groups -OCH3 is 1. The summed E-state index contributed by atoms with van der Waals surface area (Å²) in [4.78, 5) is 64.8. The molecule has 1 amide bonds. The van der Waals surface area contributed by atoms with Crippen LogP contribution < -0.4 is 14.8 Å². The first kappa shape index (κ1) is 42.3. The molecule has 0 spiro atoms. The fourth-order valence-electron chi connectivity index (χ4n) is 6.77. The molecule has 8 atom stereocenters. The SMILES string of the molecule is CO[C@H]1/C=C\O[C@@]2(C)Oc3c(C)c(O)c4c(O)c(cc(OCC(=O)O)c4c3C2=O)NC(=O)/C(C)=C\C=C/[C@@](C)(O)C(=O)[C@@H](C)[C@@H](O)[C@@H](C)[C@H](OC(C)=O)[C@@H]1C. The Kier molecular flexibility index (Phi) is 12.4. The third-order valence-corrected chi connectivity index (χ3v) is 9.99. The molecule has 6 N–H and O–H groups in total. The van der Waals surface area contributed by atoms with Gasteiger partial charge in [0.2, 0.25) is 0 Å². The van der Waals surface area contributed by atoms with Crippen molar-refractivity contribution in [2.45, 2.75) is 85.1 Å². The number of hydrogen-bond donors (Lipinski definition) is 6. The van der Waals surface area contributed by atoms with E-state index in [2.05, 4.69) is 5.32 Å². The lowest BCUT2D eigenvalue weighted by atomic mass is 9.78. The number of ketones is 2. The van der Waals surface area contributed by atoms with Crippen molar-refractivity contribution >= 4 is 45.9 Å². The lowest BCUT2D eigenvalue weighted by Gasteiger charge is -2.37. The van der Waals surface area contributed by atoms with Crippen molar-refractivity contribution in [3.8, 4) is 23.0 Å². The minimum atomic E-state index is -2.13. The summed E-state index contributed by atoms with van der Waals surface area (Å²) >= 11 is 0. The van der Waals surface area contributed by atoms with Crippen LogP contribution in [-0.2, 0) is 33.4 Å². The minimum absolute atomic E-state index is 0.00200. The summed E-state index contributed by atoms with van der Waals surface area (Å²) in [5, 5.41) is 56.7. The smallest absolute Gasteiger partial charge is 0.341 e. The molecule has 3 aliphatic rings. The number of fused-ring (bicyclic) bond motifs is 14. The van der Waals surface area contributed by atoms with Crippen LogP contribution in [0.5, 0.6) is 23.0 Å². The molecule has 3 heterocycles. The van der Waals surface area contributed by atoms with E-state index in [1.54, 1.807) is 13.8 Å². The molecule has 0 fully saturated rings. The second-order valence-corrected chi connectivity index (χ2v) is 14.2. The Hall–Kier alpha value is -5.45. The summed E-state index contributed by atoms with van der Waals surface area (Å²) in [6.07, 6.45) is 2.81. The first-order chi connectivity index (χ1) is 25.6. The number of phenolic OH excluding ortho intramolecular Hbond substituents is 2. The van der Waals surface area contributed by atoms with E-state index >= 15 is 0 Å². The Bertz CT molecular complexity index is 2000. The van der Waals surface area contributed by atoms with Gasteiger partial charge in [-0.1, -0.05) is 32.9 Å². The number of aromatic hydroxyl groups is 2. The third-order valence-electron chi connectivity index (χ3n) is 9.99. The molecular weight excluding hydrogens is 722 g/mol. The van der Waals surface area contributed by atoms with Gasteiger partial charge in [-0.15, -0.1) is 0 Å². The number of ether oxygens (including phenoxy) is 5. The predicted octanol–water partition coefficient (Wildman–Crippen LogP) is 3.84. The van der Waals surface area contributed by atoms with Gasteiger partial charge >= 0.3 is 17.7 Å². The number of aliphatic hydroxyl groups is 2. The Labute approximate surface area is 317 Å². The quantitative estimate of drug-likeness (QED) is 0.187. The molecule has 0 unspecified atom stereocenters. The van der Waals surface area contributed by atoms with Crippen LogP contribution in [0, 0.1) is 24.7 Å². The van der Waals surface area contributed by atoms with Gasteiger partial charge in [0.25, 0.3) is 11.7 Å². The summed E-state index contributed by atoms with van der Waals surface area (Å²) in [6.45, 7) is 10.2. The van der Waals surface area contributed by atoms with Gasteiger partial charge in [0, 0.05) is 61.3 Å². The van der Waals surface area contributed by atoms with Crippen LogP contribution in [0.2, 0.25) is 0 Å². The van der Waals surface area contributed by atoms with Crippen LogP contribution in [0.15, 0.2) is 42.2 Å². The molecule has 0 aliphatic carbocycles. The number of nitrogens with one attached hydrogen (secondary N) is 1. The Balaban J connectivity index is 1.95. The number of hydrogen-bond acceptors (Lipinski definition) is 14. The molecule has 0 radical (unpaired) electrons. The zero-order valence-corrected chi connectivity index (χ0v) is 32.0. The monoisotopic (exact) mass is 769 g/mol. The largest absolute Gasteiger partial charge is 0.507 e. The number of carboxylic acids is 1. The van der Waals surface area contributed by atoms with Crippen molar-refractivity contribution in [2.24, 2.45) is 17.8 Å². The molecule has 0 aromatic heterocycles. The molecule has 298 valence electrons. The second-order valence-electron chi connectivity index (χ2n) is 14.2. The number of esters is 1. The van der Waals surface area contributed by atoms with Gasteiger partial charge in [-0.05, 0) is 32.9 Å². The van der Waals surface area contributed by atoms with Crippen LogP contribution in [0.1, 0.15) is 64.4 Å². The molecule has 0 saturated heterocycles. The normalized spacial score (nSPS) is 31.2. The Morgan fingerprint density at radius 2 is 1.67 bits per heavy atom. The summed E-state index contributed by atoms with van der Waals surface area (Å²) in [6, 6.07) is 1.08. The highest BCUT2D eigenvalue weighted by Crippen LogP contribution is 2.54. The number of carboxylic acid groups (broad SMARTS) is 1. The highest BCUT2D eigenvalue weighted by atomic mass is 16.7. The average molecular weight is 770 g/mol. The van der Waals surface area contributed by atoms with Crippen LogP contribution in [-0.4, -0.2) is 98.4 Å². The summed E-state index contributed by atoms with van der Waals surface area (Å²) in [7, 11) is 1.37. The number of phenols is 2. The van der Waals surface area contributed by atoms with Gasteiger partial charge in [-0.25, -0.2) is 4.79 Å². The number of rotatable bonds is 5. The van der Waals surface area contributed by atoms with E-state index in [9.17, 15) is 49.5 Å². The van der Waals surface area contributed by atoms with Crippen molar-refractivity contribution in [3.05, 3.63) is 53.3 Å². The van der Waals surface area contributed by atoms with Gasteiger partial charge in [-0.3, -0.25) is 19.2 Å². The molecule has 2 aromatic carbocycles. The number of Topliss-reactive ketones (excluding diaryl/α,β-unsaturated/α-hetero) is 2. The molecule has 5 rings (SSSR count). The van der Waals surface area contributed by atoms with Crippen molar-refractivity contribution < 1.29 is 73.2 Å². The lowest BCUT2D eigenvalue weighted by Crippen LogP contribution is -2.48. The summed E-state index contributed by atoms with van der Waals surface area (Å²) in [5.41, 5.74) is -2.66. The van der Waals surface area contributed by atoms with Gasteiger partial charge in [0.15, 0.2) is 18.1 Å². The zero-order valence-electron chi connectivity index (χ0n) is 32.0. The van der Waals surface area contributed by atoms with Crippen molar-refractivity contribution in [3.63, 3.8) is 0 Å². The van der Waals surface area contributed by atoms with E-state index in [-0.39, 0.29) is 44.7 Å². The van der Waals surface area contributed by atoms with Gasteiger partial charge in [0.05, 0.1) is 35.1 Å². The van der Waals surface area contributed by atoms with Crippen LogP contribution >= 0.6 is 0 Å². The third kappa shape index (κ3) is 8.30. The van der Waals surface area contributed by atoms with E-state index < -0.39 is 95.0 Å². The average Bonchev–Trinajstić information content (AvgIpc) is 3.38. The molecule has 55 heavy (non-hydrogen) atoms. The number of aliphatic hydroxyl groups excluding tert-OH is 1. The van der Waals surface area contributed by atoms with Crippen molar-refractivity contribution in [2.75, 3.05) is 19.0 Å². The van der Waals surface area contributed by atoms with E-state index in [0.29, 0.717) is 0 Å². The number of allylic oxidation sites excluding steroid dienone is 2. The van der Waals surface area contributed by atoms with Crippen LogP contribution in [0.4, 0.5) is 5.69 Å². The lowest BCUT2D eigenvalue weighted by molar-refractivity contribution is -0.160. The fraction of sp³-hybridized carbons (Fsp3) is 0.462. The molecular formula is C39H47NO15. The van der Waals surface area contributed by atoms with E-state index in [0.717, 1.165) is 18.4 Å². The maximum absolute atomic E-state index is 14.2. The molecule has 5 bridgehead atoms. The Morgan fingerprint density at radius 3 is 2.27 bits per heavy atom. The highest BCUT2D eigenvalue weighted by molar-refractivity contribution is 6.21.